The zero-order chi connectivity index (χ0) is 12.7. The minimum absolute atomic E-state index is 0.151. The molecular formula is C14H25N3. The lowest BCUT2D eigenvalue weighted by molar-refractivity contribution is 0.274. The lowest BCUT2D eigenvalue weighted by atomic mass is 10.0. The van der Waals surface area contributed by atoms with Gasteiger partial charge in [-0.25, -0.2) is 0 Å². The SMILES string of the molecule is CN(C)CCN(C)CCC(N)c1ccccc1. The van der Waals surface area contributed by atoms with Crippen molar-refractivity contribution in [1.29, 1.82) is 0 Å². The maximum atomic E-state index is 6.16. The number of likely N-dealkylation sites (N-methyl/N-ethyl adjacent to an activating group) is 2. The van der Waals surface area contributed by atoms with Gasteiger partial charge in [-0.1, -0.05) is 30.3 Å². The zero-order valence-corrected chi connectivity index (χ0v) is 11.3. The molecule has 96 valence electrons. The Morgan fingerprint density at radius 1 is 1.00 bits per heavy atom. The Morgan fingerprint density at radius 2 is 1.65 bits per heavy atom. The maximum Gasteiger partial charge on any atom is 0.0307 e. The normalized spacial score (nSPS) is 13.3. The Kier molecular flexibility index (Phi) is 6.19. The molecule has 0 spiro atoms. The molecule has 0 bridgehead atoms. The highest BCUT2D eigenvalue weighted by molar-refractivity contribution is 5.18. The number of rotatable bonds is 7. The largest absolute Gasteiger partial charge is 0.324 e. The highest BCUT2D eigenvalue weighted by Crippen LogP contribution is 2.13. The van der Waals surface area contributed by atoms with Crippen LogP contribution < -0.4 is 5.73 Å². The summed E-state index contributed by atoms with van der Waals surface area (Å²) in [5, 5.41) is 0. The lowest BCUT2D eigenvalue weighted by Crippen LogP contribution is -2.30. The van der Waals surface area contributed by atoms with Crippen LogP contribution in [0.1, 0.15) is 18.0 Å². The van der Waals surface area contributed by atoms with E-state index in [4.69, 9.17) is 5.73 Å². The molecule has 0 saturated heterocycles. The molecule has 1 atom stereocenters. The predicted molar refractivity (Wildman–Crippen MR) is 74.0 cm³/mol. The second kappa shape index (κ2) is 7.43. The summed E-state index contributed by atoms with van der Waals surface area (Å²) in [5.74, 6) is 0. The van der Waals surface area contributed by atoms with Gasteiger partial charge in [-0.05, 0) is 39.7 Å². The van der Waals surface area contributed by atoms with Crippen molar-refractivity contribution in [2.24, 2.45) is 5.73 Å². The minimum Gasteiger partial charge on any atom is -0.324 e. The average Bonchev–Trinajstić information content (AvgIpc) is 2.34. The number of benzene rings is 1. The Morgan fingerprint density at radius 3 is 2.24 bits per heavy atom. The van der Waals surface area contributed by atoms with Crippen LogP contribution in [0.5, 0.6) is 0 Å². The topological polar surface area (TPSA) is 32.5 Å². The van der Waals surface area contributed by atoms with Gasteiger partial charge in [0, 0.05) is 19.1 Å². The van der Waals surface area contributed by atoms with Gasteiger partial charge in [0.2, 0.25) is 0 Å². The van der Waals surface area contributed by atoms with Gasteiger partial charge in [0.05, 0.1) is 0 Å². The second-order valence-corrected chi connectivity index (χ2v) is 4.91. The third-order valence-corrected chi connectivity index (χ3v) is 2.98. The summed E-state index contributed by atoms with van der Waals surface area (Å²) in [4.78, 5) is 4.54. The summed E-state index contributed by atoms with van der Waals surface area (Å²) in [5.41, 5.74) is 7.39. The van der Waals surface area contributed by atoms with E-state index in [9.17, 15) is 0 Å². The fourth-order valence-corrected chi connectivity index (χ4v) is 1.71. The molecule has 0 heterocycles. The Hall–Kier alpha value is -0.900. The van der Waals surface area contributed by atoms with Crippen molar-refractivity contribution in [1.82, 2.24) is 9.80 Å². The summed E-state index contributed by atoms with van der Waals surface area (Å²) in [6.07, 6.45) is 1.01. The van der Waals surface area contributed by atoms with E-state index in [1.54, 1.807) is 0 Å². The highest BCUT2D eigenvalue weighted by Gasteiger charge is 2.07. The van der Waals surface area contributed by atoms with Crippen molar-refractivity contribution in [3.05, 3.63) is 35.9 Å². The van der Waals surface area contributed by atoms with Crippen LogP contribution in [0.4, 0.5) is 0 Å². The fourth-order valence-electron chi connectivity index (χ4n) is 1.71. The smallest absolute Gasteiger partial charge is 0.0307 e. The van der Waals surface area contributed by atoms with Gasteiger partial charge in [0.15, 0.2) is 0 Å². The molecule has 0 amide bonds. The summed E-state index contributed by atoms with van der Waals surface area (Å²) in [7, 11) is 6.36. The molecule has 17 heavy (non-hydrogen) atoms. The van der Waals surface area contributed by atoms with Crippen molar-refractivity contribution < 1.29 is 0 Å². The van der Waals surface area contributed by atoms with Crippen LogP contribution in [-0.4, -0.2) is 50.6 Å². The van der Waals surface area contributed by atoms with Gasteiger partial charge in [-0.3, -0.25) is 0 Å². The van der Waals surface area contributed by atoms with E-state index in [0.29, 0.717) is 0 Å². The van der Waals surface area contributed by atoms with Crippen molar-refractivity contribution in [3.8, 4) is 0 Å². The number of hydrogen-bond donors (Lipinski definition) is 1. The molecule has 0 aromatic heterocycles. The van der Waals surface area contributed by atoms with Crippen molar-refractivity contribution in [3.63, 3.8) is 0 Å². The number of nitrogens with two attached hydrogens (primary N) is 1. The van der Waals surface area contributed by atoms with Crippen LogP contribution in [0.3, 0.4) is 0 Å². The molecule has 3 nitrogen and oxygen atoms in total. The molecule has 0 aliphatic rings. The standard InChI is InChI=1S/C14H25N3/c1-16(2)11-12-17(3)10-9-14(15)13-7-5-4-6-8-13/h4-8,14H,9-12,15H2,1-3H3. The first-order chi connectivity index (χ1) is 8.09. The van der Waals surface area contributed by atoms with Gasteiger partial charge in [-0.2, -0.15) is 0 Å². The molecule has 1 unspecified atom stereocenters. The van der Waals surface area contributed by atoms with E-state index in [2.05, 4.69) is 43.1 Å². The van der Waals surface area contributed by atoms with Crippen molar-refractivity contribution in [2.45, 2.75) is 12.5 Å². The summed E-state index contributed by atoms with van der Waals surface area (Å²) in [6.45, 7) is 3.23. The van der Waals surface area contributed by atoms with E-state index in [0.717, 1.165) is 26.1 Å². The van der Waals surface area contributed by atoms with E-state index >= 15 is 0 Å². The quantitative estimate of drug-likeness (QED) is 0.778. The fraction of sp³-hybridized carbons (Fsp3) is 0.571. The summed E-state index contributed by atoms with van der Waals surface area (Å²) >= 11 is 0. The average molecular weight is 235 g/mol. The van der Waals surface area contributed by atoms with Crippen LogP contribution in [0.25, 0.3) is 0 Å². The maximum absolute atomic E-state index is 6.16. The second-order valence-electron chi connectivity index (χ2n) is 4.91. The van der Waals surface area contributed by atoms with Crippen LogP contribution in [0.2, 0.25) is 0 Å². The van der Waals surface area contributed by atoms with Crippen LogP contribution in [-0.2, 0) is 0 Å². The van der Waals surface area contributed by atoms with E-state index in [1.807, 2.05) is 18.2 Å². The lowest BCUT2D eigenvalue weighted by Gasteiger charge is -2.21. The van der Waals surface area contributed by atoms with Crippen LogP contribution >= 0.6 is 0 Å². The first kappa shape index (κ1) is 14.2. The molecule has 0 radical (unpaired) electrons. The zero-order valence-electron chi connectivity index (χ0n) is 11.3. The van der Waals surface area contributed by atoms with E-state index in [-0.39, 0.29) is 6.04 Å². The van der Waals surface area contributed by atoms with Crippen molar-refractivity contribution >= 4 is 0 Å². The van der Waals surface area contributed by atoms with Crippen molar-refractivity contribution in [2.75, 3.05) is 40.8 Å². The van der Waals surface area contributed by atoms with Gasteiger partial charge in [-0.15, -0.1) is 0 Å². The molecule has 0 saturated carbocycles. The molecule has 1 aromatic rings. The Balaban J connectivity index is 2.26. The van der Waals surface area contributed by atoms with Gasteiger partial charge in [0.1, 0.15) is 0 Å². The molecule has 0 aliphatic heterocycles. The monoisotopic (exact) mass is 235 g/mol. The molecule has 1 rings (SSSR count). The summed E-state index contributed by atoms with van der Waals surface area (Å²) < 4.78 is 0. The molecule has 1 aromatic carbocycles. The molecule has 3 heteroatoms. The minimum atomic E-state index is 0.151. The third kappa shape index (κ3) is 5.82. The predicted octanol–water partition coefficient (Wildman–Crippen LogP) is 1.57. The Bertz CT molecular complexity index is 298. The third-order valence-electron chi connectivity index (χ3n) is 2.98. The molecule has 0 aliphatic carbocycles. The van der Waals surface area contributed by atoms with Crippen LogP contribution in [0.15, 0.2) is 30.3 Å². The van der Waals surface area contributed by atoms with E-state index < -0.39 is 0 Å². The molecule has 2 N–H and O–H groups in total. The van der Waals surface area contributed by atoms with E-state index in [1.165, 1.54) is 5.56 Å². The van der Waals surface area contributed by atoms with Gasteiger partial charge in [0.25, 0.3) is 0 Å². The first-order valence-corrected chi connectivity index (χ1v) is 6.23. The molecular weight excluding hydrogens is 210 g/mol. The van der Waals surface area contributed by atoms with Gasteiger partial charge >= 0.3 is 0 Å². The highest BCUT2D eigenvalue weighted by atomic mass is 15.1. The summed E-state index contributed by atoms with van der Waals surface area (Å²) in [6, 6.07) is 10.5. The Labute approximate surface area is 105 Å². The number of nitrogens with zero attached hydrogens (tertiary/aromatic N) is 2. The number of hydrogen-bond acceptors (Lipinski definition) is 3. The van der Waals surface area contributed by atoms with Gasteiger partial charge < -0.3 is 15.5 Å². The van der Waals surface area contributed by atoms with Crippen LogP contribution in [0, 0.1) is 0 Å². The first-order valence-electron chi connectivity index (χ1n) is 6.23. The molecule has 0 fully saturated rings.